The maximum absolute atomic E-state index is 6.35. The second kappa shape index (κ2) is 4.42. The Morgan fingerprint density at radius 3 is 2.72 bits per heavy atom. The van der Waals surface area contributed by atoms with Crippen LogP contribution in [0, 0.1) is 0 Å². The van der Waals surface area contributed by atoms with E-state index in [1.165, 1.54) is 27.8 Å². The first-order chi connectivity index (χ1) is 8.76. The summed E-state index contributed by atoms with van der Waals surface area (Å²) >= 11 is 6.35. The van der Waals surface area contributed by atoms with Crippen LogP contribution in [0.1, 0.15) is 29.5 Å². The summed E-state index contributed by atoms with van der Waals surface area (Å²) in [5.74, 6) is 0.292. The normalized spacial score (nSPS) is 16.5. The Labute approximate surface area is 113 Å². The van der Waals surface area contributed by atoms with E-state index in [4.69, 9.17) is 17.3 Å². The lowest BCUT2D eigenvalue weighted by Crippen LogP contribution is -2.11. The molecule has 0 spiro atoms. The van der Waals surface area contributed by atoms with Gasteiger partial charge in [0.05, 0.1) is 0 Å². The molecule has 0 bridgehead atoms. The van der Waals surface area contributed by atoms with Gasteiger partial charge in [-0.1, -0.05) is 48.9 Å². The molecule has 1 atom stereocenters. The zero-order valence-corrected chi connectivity index (χ0v) is 11.2. The van der Waals surface area contributed by atoms with Crippen LogP contribution in [0.2, 0.25) is 5.02 Å². The molecule has 0 heterocycles. The summed E-state index contributed by atoms with van der Waals surface area (Å²) in [6.07, 6.45) is 1.05. The Morgan fingerprint density at radius 2 is 2.00 bits per heavy atom. The van der Waals surface area contributed by atoms with Gasteiger partial charge in [0.1, 0.15) is 0 Å². The minimum Gasteiger partial charge on any atom is -0.330 e. The van der Waals surface area contributed by atoms with Crippen molar-refractivity contribution in [2.75, 3.05) is 6.54 Å². The number of hydrogen-bond donors (Lipinski definition) is 1. The Kier molecular flexibility index (Phi) is 2.89. The van der Waals surface area contributed by atoms with E-state index in [-0.39, 0.29) is 0 Å². The standard InChI is InChI=1S/C16H16ClN/c1-2-10-6-7-12-13(8-10)14(9-18)11-4-3-5-15(17)16(11)12/h3-8,14H,2,9,18H2,1H3. The first-order valence-electron chi connectivity index (χ1n) is 6.38. The highest BCUT2D eigenvalue weighted by atomic mass is 35.5. The molecule has 1 unspecified atom stereocenters. The molecule has 0 amide bonds. The average molecular weight is 258 g/mol. The molecule has 1 aliphatic carbocycles. The number of hydrogen-bond acceptors (Lipinski definition) is 1. The molecule has 3 rings (SSSR count). The third-order valence-electron chi connectivity index (χ3n) is 3.83. The second-order valence-electron chi connectivity index (χ2n) is 4.77. The summed E-state index contributed by atoms with van der Waals surface area (Å²) in [5, 5.41) is 0.828. The van der Waals surface area contributed by atoms with Gasteiger partial charge in [-0.2, -0.15) is 0 Å². The van der Waals surface area contributed by atoms with Crippen molar-refractivity contribution in [3.8, 4) is 11.1 Å². The van der Waals surface area contributed by atoms with Gasteiger partial charge in [0.25, 0.3) is 0 Å². The first-order valence-corrected chi connectivity index (χ1v) is 6.75. The molecule has 1 nitrogen and oxygen atoms in total. The van der Waals surface area contributed by atoms with Gasteiger partial charge in [0.2, 0.25) is 0 Å². The Morgan fingerprint density at radius 1 is 1.17 bits per heavy atom. The molecule has 2 aromatic carbocycles. The van der Waals surface area contributed by atoms with E-state index in [2.05, 4.69) is 31.2 Å². The van der Waals surface area contributed by atoms with Crippen LogP contribution >= 0.6 is 11.6 Å². The Bertz CT molecular complexity index is 604. The summed E-state index contributed by atoms with van der Waals surface area (Å²) in [6.45, 7) is 2.81. The number of benzene rings is 2. The van der Waals surface area contributed by atoms with Crippen molar-refractivity contribution in [1.82, 2.24) is 0 Å². The molecule has 2 heteroatoms. The Balaban J connectivity index is 2.28. The molecule has 0 aromatic heterocycles. The van der Waals surface area contributed by atoms with Crippen LogP contribution in [0.25, 0.3) is 11.1 Å². The highest BCUT2D eigenvalue weighted by molar-refractivity contribution is 6.33. The summed E-state index contributed by atoms with van der Waals surface area (Å²) in [5.41, 5.74) is 12.4. The summed E-state index contributed by atoms with van der Waals surface area (Å²) in [6, 6.07) is 12.8. The number of fused-ring (bicyclic) bond motifs is 3. The number of aryl methyl sites for hydroxylation is 1. The second-order valence-corrected chi connectivity index (χ2v) is 5.17. The van der Waals surface area contributed by atoms with Crippen LogP contribution in [0.15, 0.2) is 36.4 Å². The number of rotatable bonds is 2. The molecule has 0 aliphatic heterocycles. The summed E-state index contributed by atoms with van der Waals surface area (Å²) in [7, 11) is 0. The molecule has 92 valence electrons. The van der Waals surface area contributed by atoms with Gasteiger partial charge in [-0.15, -0.1) is 0 Å². The van der Waals surface area contributed by atoms with E-state index >= 15 is 0 Å². The lowest BCUT2D eigenvalue weighted by atomic mass is 9.95. The van der Waals surface area contributed by atoms with Gasteiger partial charge < -0.3 is 5.73 Å². The maximum Gasteiger partial charge on any atom is 0.0487 e. The topological polar surface area (TPSA) is 26.0 Å². The van der Waals surface area contributed by atoms with E-state index < -0.39 is 0 Å². The minimum atomic E-state index is 0.292. The maximum atomic E-state index is 6.35. The van der Waals surface area contributed by atoms with Crippen LogP contribution in [-0.2, 0) is 6.42 Å². The van der Waals surface area contributed by atoms with Gasteiger partial charge in [-0.05, 0) is 34.7 Å². The van der Waals surface area contributed by atoms with Crippen LogP contribution in [0.3, 0.4) is 0 Å². The van der Waals surface area contributed by atoms with Crippen molar-refractivity contribution in [3.05, 3.63) is 58.1 Å². The molecular weight excluding hydrogens is 242 g/mol. The highest BCUT2D eigenvalue weighted by Crippen LogP contribution is 2.47. The zero-order valence-electron chi connectivity index (χ0n) is 10.4. The molecule has 18 heavy (non-hydrogen) atoms. The lowest BCUT2D eigenvalue weighted by Gasteiger charge is -2.11. The molecule has 0 saturated heterocycles. The number of halogens is 1. The largest absolute Gasteiger partial charge is 0.330 e. The van der Waals surface area contributed by atoms with Crippen molar-refractivity contribution in [2.24, 2.45) is 5.73 Å². The predicted molar refractivity (Wildman–Crippen MR) is 77.2 cm³/mol. The molecule has 2 aromatic rings. The van der Waals surface area contributed by atoms with Crippen LogP contribution in [0.5, 0.6) is 0 Å². The fourth-order valence-electron chi connectivity index (χ4n) is 2.88. The van der Waals surface area contributed by atoms with E-state index in [0.29, 0.717) is 12.5 Å². The van der Waals surface area contributed by atoms with Gasteiger partial charge in [-0.25, -0.2) is 0 Å². The van der Waals surface area contributed by atoms with E-state index in [0.717, 1.165) is 11.4 Å². The summed E-state index contributed by atoms with van der Waals surface area (Å²) in [4.78, 5) is 0. The average Bonchev–Trinajstić information content (AvgIpc) is 2.72. The molecule has 2 N–H and O–H groups in total. The van der Waals surface area contributed by atoms with Gasteiger partial charge in [0.15, 0.2) is 0 Å². The summed E-state index contributed by atoms with van der Waals surface area (Å²) < 4.78 is 0. The van der Waals surface area contributed by atoms with Crippen molar-refractivity contribution in [3.63, 3.8) is 0 Å². The monoisotopic (exact) mass is 257 g/mol. The fraction of sp³-hybridized carbons (Fsp3) is 0.250. The smallest absolute Gasteiger partial charge is 0.0487 e. The lowest BCUT2D eigenvalue weighted by molar-refractivity contribution is 0.838. The molecule has 0 radical (unpaired) electrons. The van der Waals surface area contributed by atoms with Crippen LogP contribution < -0.4 is 5.73 Å². The molecule has 0 fully saturated rings. The minimum absolute atomic E-state index is 0.292. The first kappa shape index (κ1) is 11.8. The van der Waals surface area contributed by atoms with Crippen molar-refractivity contribution < 1.29 is 0 Å². The third kappa shape index (κ3) is 1.58. The van der Waals surface area contributed by atoms with E-state index in [1.54, 1.807) is 0 Å². The predicted octanol–water partition coefficient (Wildman–Crippen LogP) is 3.97. The zero-order chi connectivity index (χ0) is 12.7. The molecule has 1 aliphatic rings. The van der Waals surface area contributed by atoms with Crippen molar-refractivity contribution in [1.29, 1.82) is 0 Å². The van der Waals surface area contributed by atoms with Gasteiger partial charge in [-0.3, -0.25) is 0 Å². The van der Waals surface area contributed by atoms with Crippen LogP contribution in [0.4, 0.5) is 0 Å². The third-order valence-corrected chi connectivity index (χ3v) is 4.14. The van der Waals surface area contributed by atoms with Gasteiger partial charge >= 0.3 is 0 Å². The fourth-order valence-corrected chi connectivity index (χ4v) is 3.17. The van der Waals surface area contributed by atoms with Gasteiger partial charge in [0, 0.05) is 23.0 Å². The molecular formula is C16H16ClN. The van der Waals surface area contributed by atoms with Crippen LogP contribution in [-0.4, -0.2) is 6.54 Å². The van der Waals surface area contributed by atoms with E-state index in [1.807, 2.05) is 12.1 Å². The van der Waals surface area contributed by atoms with Crippen molar-refractivity contribution in [2.45, 2.75) is 19.3 Å². The molecule has 0 saturated carbocycles. The quantitative estimate of drug-likeness (QED) is 0.866. The highest BCUT2D eigenvalue weighted by Gasteiger charge is 2.29. The van der Waals surface area contributed by atoms with E-state index in [9.17, 15) is 0 Å². The number of nitrogens with two attached hydrogens (primary N) is 1. The Hall–Kier alpha value is -1.31. The van der Waals surface area contributed by atoms with Crippen molar-refractivity contribution >= 4 is 11.6 Å². The SMILES string of the molecule is CCc1ccc2c(c1)C(CN)c1cccc(Cl)c1-2.